The Morgan fingerprint density at radius 2 is 1.82 bits per heavy atom. The highest BCUT2D eigenvalue weighted by atomic mass is 79.9. The molecule has 0 aromatic heterocycles. The van der Waals surface area contributed by atoms with E-state index in [1.165, 1.54) is 13.2 Å². The number of carboxylic acid groups (broad SMARTS) is 1. The van der Waals surface area contributed by atoms with Gasteiger partial charge in [-0.1, -0.05) is 31.9 Å². The van der Waals surface area contributed by atoms with E-state index in [2.05, 4.69) is 36.6 Å². The van der Waals surface area contributed by atoms with Gasteiger partial charge in [-0.05, 0) is 18.2 Å². The van der Waals surface area contributed by atoms with Gasteiger partial charge in [-0.25, -0.2) is 9.59 Å². The first-order valence-electron chi connectivity index (χ1n) is 4.44. The van der Waals surface area contributed by atoms with Crippen LogP contribution in [0.15, 0.2) is 27.2 Å². The predicted molar refractivity (Wildman–Crippen MR) is 69.9 cm³/mol. The molecule has 1 N–H and O–H groups in total. The number of carbonyl (C=O) groups is 2. The van der Waals surface area contributed by atoms with Gasteiger partial charge in [0.05, 0.1) is 12.7 Å². The van der Waals surface area contributed by atoms with Gasteiger partial charge in [0.1, 0.15) is 0 Å². The standard InChI is InChI=1S/C11H8Br2O4/c1-17-11(16)6-4-8(12)7(9(13)5-6)2-3-10(14)15/h2-5H,1H3,(H,14,15)/b3-2-. The van der Waals surface area contributed by atoms with Gasteiger partial charge in [0.15, 0.2) is 0 Å². The fourth-order valence-corrected chi connectivity index (χ4v) is 2.58. The second-order valence-electron chi connectivity index (χ2n) is 3.02. The van der Waals surface area contributed by atoms with Crippen LogP contribution in [-0.2, 0) is 9.53 Å². The van der Waals surface area contributed by atoms with Crippen LogP contribution in [0.4, 0.5) is 0 Å². The van der Waals surface area contributed by atoms with Gasteiger partial charge >= 0.3 is 11.9 Å². The number of carbonyl (C=O) groups excluding carboxylic acids is 1. The molecule has 1 rings (SSSR count). The van der Waals surface area contributed by atoms with E-state index >= 15 is 0 Å². The number of rotatable bonds is 3. The van der Waals surface area contributed by atoms with Gasteiger partial charge in [-0.15, -0.1) is 0 Å². The zero-order valence-corrected chi connectivity index (χ0v) is 11.9. The zero-order valence-electron chi connectivity index (χ0n) is 8.74. The van der Waals surface area contributed by atoms with Crippen molar-refractivity contribution in [1.82, 2.24) is 0 Å². The maximum absolute atomic E-state index is 11.3. The molecule has 90 valence electrons. The van der Waals surface area contributed by atoms with Crippen LogP contribution >= 0.6 is 31.9 Å². The number of esters is 1. The molecule has 0 aliphatic heterocycles. The maximum atomic E-state index is 11.3. The third-order valence-corrected chi connectivity index (χ3v) is 3.20. The van der Waals surface area contributed by atoms with E-state index in [0.29, 0.717) is 20.1 Å². The Labute approximate surface area is 115 Å². The van der Waals surface area contributed by atoms with E-state index in [9.17, 15) is 9.59 Å². The minimum absolute atomic E-state index is 0.374. The van der Waals surface area contributed by atoms with Crippen LogP contribution in [0, 0.1) is 0 Å². The molecule has 17 heavy (non-hydrogen) atoms. The van der Waals surface area contributed by atoms with Crippen molar-refractivity contribution in [3.63, 3.8) is 0 Å². The van der Waals surface area contributed by atoms with Crippen LogP contribution in [0.2, 0.25) is 0 Å². The Balaban J connectivity index is 3.19. The summed E-state index contributed by atoms with van der Waals surface area (Å²) in [6.45, 7) is 0. The molecule has 0 bridgehead atoms. The molecule has 0 saturated heterocycles. The van der Waals surface area contributed by atoms with Crippen molar-refractivity contribution in [2.45, 2.75) is 0 Å². The minimum atomic E-state index is -1.04. The SMILES string of the molecule is COC(=O)c1cc(Br)c(/C=C\C(=O)O)c(Br)c1. The van der Waals surface area contributed by atoms with Crippen molar-refractivity contribution >= 4 is 49.9 Å². The lowest BCUT2D eigenvalue weighted by Gasteiger charge is -2.05. The third kappa shape index (κ3) is 3.67. The first-order chi connectivity index (χ1) is 7.95. The number of halogens is 2. The van der Waals surface area contributed by atoms with Crippen molar-refractivity contribution in [2.24, 2.45) is 0 Å². The van der Waals surface area contributed by atoms with Gasteiger partial charge < -0.3 is 9.84 Å². The molecule has 0 atom stereocenters. The highest BCUT2D eigenvalue weighted by Crippen LogP contribution is 2.28. The van der Waals surface area contributed by atoms with Gasteiger partial charge in [-0.2, -0.15) is 0 Å². The summed E-state index contributed by atoms with van der Waals surface area (Å²) in [5, 5.41) is 8.55. The number of hydrogen-bond acceptors (Lipinski definition) is 3. The molecule has 0 fully saturated rings. The highest BCUT2D eigenvalue weighted by molar-refractivity contribution is 9.11. The average Bonchev–Trinajstić information content (AvgIpc) is 2.26. The summed E-state index contributed by atoms with van der Waals surface area (Å²) in [4.78, 5) is 21.7. The number of aliphatic carboxylic acids is 1. The quantitative estimate of drug-likeness (QED) is 0.662. The van der Waals surface area contributed by atoms with E-state index in [1.54, 1.807) is 12.1 Å². The first-order valence-corrected chi connectivity index (χ1v) is 6.02. The highest BCUT2D eigenvalue weighted by Gasteiger charge is 2.11. The Morgan fingerprint density at radius 3 is 2.24 bits per heavy atom. The Morgan fingerprint density at radius 1 is 1.29 bits per heavy atom. The second kappa shape index (κ2) is 5.97. The lowest BCUT2D eigenvalue weighted by atomic mass is 10.1. The van der Waals surface area contributed by atoms with E-state index < -0.39 is 11.9 Å². The van der Waals surface area contributed by atoms with Crippen molar-refractivity contribution in [1.29, 1.82) is 0 Å². The monoisotopic (exact) mass is 362 g/mol. The van der Waals surface area contributed by atoms with E-state index in [4.69, 9.17) is 5.11 Å². The molecule has 0 heterocycles. The summed E-state index contributed by atoms with van der Waals surface area (Å²) in [7, 11) is 1.29. The van der Waals surface area contributed by atoms with Gasteiger partial charge in [0.2, 0.25) is 0 Å². The van der Waals surface area contributed by atoms with E-state index in [-0.39, 0.29) is 0 Å². The Kier molecular flexibility index (Phi) is 4.89. The number of ether oxygens (including phenoxy) is 1. The molecule has 0 spiro atoms. The number of carboxylic acids is 1. The molecular formula is C11H8Br2O4. The summed E-state index contributed by atoms with van der Waals surface area (Å²) >= 11 is 6.53. The van der Waals surface area contributed by atoms with Crippen molar-refractivity contribution in [3.05, 3.63) is 38.3 Å². The summed E-state index contributed by atoms with van der Waals surface area (Å²) in [6, 6.07) is 3.14. The normalized spacial score (nSPS) is 10.5. The van der Waals surface area contributed by atoms with Crippen LogP contribution in [0.25, 0.3) is 6.08 Å². The van der Waals surface area contributed by atoms with E-state index in [1.807, 2.05) is 0 Å². The summed E-state index contributed by atoms with van der Waals surface area (Å²) in [5.74, 6) is -1.50. The molecule has 4 nitrogen and oxygen atoms in total. The summed E-state index contributed by atoms with van der Waals surface area (Å²) < 4.78 is 5.79. The molecule has 0 amide bonds. The average molecular weight is 364 g/mol. The van der Waals surface area contributed by atoms with Gasteiger partial charge in [0, 0.05) is 20.6 Å². The molecule has 0 aliphatic rings. The van der Waals surface area contributed by atoms with Gasteiger partial charge in [-0.3, -0.25) is 0 Å². The van der Waals surface area contributed by atoms with Crippen LogP contribution < -0.4 is 0 Å². The number of hydrogen-bond donors (Lipinski definition) is 1. The number of methoxy groups -OCH3 is 1. The molecule has 6 heteroatoms. The maximum Gasteiger partial charge on any atom is 0.337 e. The predicted octanol–water partition coefficient (Wildman–Crippen LogP) is 3.10. The van der Waals surface area contributed by atoms with Crippen LogP contribution in [0.1, 0.15) is 15.9 Å². The lowest BCUT2D eigenvalue weighted by molar-refractivity contribution is -0.131. The number of benzene rings is 1. The lowest BCUT2D eigenvalue weighted by Crippen LogP contribution is -2.01. The van der Waals surface area contributed by atoms with E-state index in [0.717, 1.165) is 6.08 Å². The molecule has 0 saturated carbocycles. The van der Waals surface area contributed by atoms with Crippen molar-refractivity contribution < 1.29 is 19.4 Å². The molecule has 1 aromatic carbocycles. The largest absolute Gasteiger partial charge is 0.478 e. The fraction of sp³-hybridized carbons (Fsp3) is 0.0909. The molecule has 1 aromatic rings. The van der Waals surface area contributed by atoms with Gasteiger partial charge in [0.25, 0.3) is 0 Å². The summed E-state index contributed by atoms with van der Waals surface area (Å²) in [5.41, 5.74) is 1.01. The first kappa shape index (κ1) is 13.9. The molecule has 0 unspecified atom stereocenters. The van der Waals surface area contributed by atoms with Crippen molar-refractivity contribution in [3.8, 4) is 0 Å². The Bertz CT molecular complexity index is 471. The Hall–Kier alpha value is -1.14. The minimum Gasteiger partial charge on any atom is -0.478 e. The fourth-order valence-electron chi connectivity index (χ4n) is 1.13. The second-order valence-corrected chi connectivity index (χ2v) is 4.73. The summed E-state index contributed by atoms with van der Waals surface area (Å²) in [6.07, 6.45) is 2.44. The third-order valence-electron chi connectivity index (χ3n) is 1.89. The van der Waals surface area contributed by atoms with Crippen LogP contribution in [-0.4, -0.2) is 24.2 Å². The van der Waals surface area contributed by atoms with Crippen molar-refractivity contribution in [2.75, 3.05) is 7.11 Å². The topological polar surface area (TPSA) is 63.6 Å². The smallest absolute Gasteiger partial charge is 0.337 e. The molecule has 0 aliphatic carbocycles. The molecule has 0 radical (unpaired) electrons. The van der Waals surface area contributed by atoms with Crippen LogP contribution in [0.3, 0.4) is 0 Å². The van der Waals surface area contributed by atoms with Crippen LogP contribution in [0.5, 0.6) is 0 Å². The zero-order chi connectivity index (χ0) is 13.0. The molecular weight excluding hydrogens is 356 g/mol.